The molecule has 0 saturated heterocycles. The normalized spacial score (nSPS) is 18.5. The summed E-state index contributed by atoms with van der Waals surface area (Å²) in [6.45, 7) is 2.57. The van der Waals surface area contributed by atoms with E-state index >= 15 is 0 Å². The van der Waals surface area contributed by atoms with Crippen molar-refractivity contribution in [1.29, 1.82) is 0 Å². The van der Waals surface area contributed by atoms with E-state index in [1.807, 2.05) is 0 Å². The van der Waals surface area contributed by atoms with E-state index in [0.717, 1.165) is 0 Å². The smallest absolute Gasteiger partial charge is 0.374 e. The molecule has 0 spiro atoms. The monoisotopic (exact) mass is 431 g/mol. The SMILES string of the molecule is C#Cc1ccc2c(C(=O)N3Cc4cnc([C@@](C)(O)C(F)(F)F)n4[C@@H](C)C3)n(C)nc2c1. The van der Waals surface area contributed by atoms with Crippen molar-refractivity contribution in [1.82, 2.24) is 24.2 Å². The molecule has 2 aromatic heterocycles. The summed E-state index contributed by atoms with van der Waals surface area (Å²) in [6.07, 6.45) is 1.81. The Morgan fingerprint density at radius 3 is 2.71 bits per heavy atom. The van der Waals surface area contributed by atoms with E-state index in [1.165, 1.54) is 15.4 Å². The molecule has 1 N–H and O–H groups in total. The number of imidazole rings is 1. The van der Waals surface area contributed by atoms with Gasteiger partial charge in [0.25, 0.3) is 5.91 Å². The molecular weight excluding hydrogens is 411 g/mol. The predicted octanol–water partition coefficient (Wildman–Crippen LogP) is 2.74. The van der Waals surface area contributed by atoms with Gasteiger partial charge in [0.05, 0.1) is 30.0 Å². The Balaban J connectivity index is 1.70. The predicted molar refractivity (Wildman–Crippen MR) is 106 cm³/mol. The number of rotatable bonds is 2. The number of terminal acetylenes is 1. The summed E-state index contributed by atoms with van der Waals surface area (Å²) >= 11 is 0. The Morgan fingerprint density at radius 1 is 1.35 bits per heavy atom. The van der Waals surface area contributed by atoms with Crippen LogP contribution in [0, 0.1) is 12.3 Å². The first kappa shape index (κ1) is 20.9. The van der Waals surface area contributed by atoms with Gasteiger partial charge in [0.15, 0.2) is 5.82 Å². The molecule has 3 heterocycles. The number of hydrogen-bond donors (Lipinski definition) is 1. The van der Waals surface area contributed by atoms with Gasteiger partial charge in [0.1, 0.15) is 5.69 Å². The molecular formula is C21H20F3N5O2. The summed E-state index contributed by atoms with van der Waals surface area (Å²) in [4.78, 5) is 18.7. The molecule has 1 amide bonds. The number of amides is 1. The maximum atomic E-state index is 13.3. The molecule has 1 aromatic carbocycles. The fraction of sp³-hybridized carbons (Fsp3) is 0.381. The number of aliphatic hydroxyl groups is 1. The van der Waals surface area contributed by atoms with Crippen LogP contribution in [-0.4, -0.2) is 48.0 Å². The van der Waals surface area contributed by atoms with Crippen LogP contribution in [0.5, 0.6) is 0 Å². The molecule has 0 bridgehead atoms. The van der Waals surface area contributed by atoms with E-state index in [4.69, 9.17) is 6.42 Å². The lowest BCUT2D eigenvalue weighted by atomic mass is 10.0. The van der Waals surface area contributed by atoms with Gasteiger partial charge in [-0.2, -0.15) is 18.3 Å². The number of hydrogen-bond acceptors (Lipinski definition) is 4. The van der Waals surface area contributed by atoms with E-state index in [1.54, 1.807) is 37.1 Å². The molecule has 10 heteroatoms. The van der Waals surface area contributed by atoms with Crippen molar-refractivity contribution in [3.8, 4) is 12.3 Å². The Labute approximate surface area is 176 Å². The van der Waals surface area contributed by atoms with Gasteiger partial charge >= 0.3 is 6.18 Å². The van der Waals surface area contributed by atoms with E-state index < -0.39 is 23.6 Å². The largest absolute Gasteiger partial charge is 0.424 e. The molecule has 2 atom stereocenters. The number of nitrogens with zero attached hydrogens (tertiary/aromatic N) is 5. The summed E-state index contributed by atoms with van der Waals surface area (Å²) in [7, 11) is 1.65. The zero-order valence-electron chi connectivity index (χ0n) is 17.1. The minimum Gasteiger partial charge on any atom is -0.374 e. The molecule has 1 aliphatic heterocycles. The van der Waals surface area contributed by atoms with Gasteiger partial charge in [-0.25, -0.2) is 4.98 Å². The Kier molecular flexibility index (Phi) is 4.63. The van der Waals surface area contributed by atoms with E-state index in [9.17, 15) is 23.1 Å². The molecule has 4 rings (SSSR count). The van der Waals surface area contributed by atoms with Crippen LogP contribution in [0.25, 0.3) is 10.9 Å². The molecule has 1 aliphatic rings. The highest BCUT2D eigenvalue weighted by atomic mass is 19.4. The van der Waals surface area contributed by atoms with Gasteiger partial charge in [-0.3, -0.25) is 9.48 Å². The molecule has 0 unspecified atom stereocenters. The van der Waals surface area contributed by atoms with Crippen LogP contribution in [0.15, 0.2) is 24.4 Å². The number of halogens is 3. The third-order valence-corrected chi connectivity index (χ3v) is 5.63. The number of alkyl halides is 3. The van der Waals surface area contributed by atoms with Gasteiger partial charge in [-0.1, -0.05) is 5.92 Å². The Bertz CT molecular complexity index is 1230. The second kappa shape index (κ2) is 6.85. The van der Waals surface area contributed by atoms with Crippen molar-refractivity contribution in [3.63, 3.8) is 0 Å². The highest BCUT2D eigenvalue weighted by molar-refractivity contribution is 6.05. The van der Waals surface area contributed by atoms with E-state index in [2.05, 4.69) is 16.0 Å². The number of benzene rings is 1. The van der Waals surface area contributed by atoms with Gasteiger partial charge in [0, 0.05) is 24.5 Å². The quantitative estimate of drug-likeness (QED) is 0.633. The minimum absolute atomic E-state index is 0.0548. The van der Waals surface area contributed by atoms with Crippen LogP contribution in [0.3, 0.4) is 0 Å². The standard InChI is InChI=1S/C21H20F3N5O2/c1-5-13-6-7-15-16(8-13)26-27(4)17(15)18(30)28-10-12(2)29-14(11-28)9-25-19(29)20(3,31)21(22,23)24/h1,6-9,12,31H,10-11H2,2-4H3/t12-,20+/m0/s1. The highest BCUT2D eigenvalue weighted by Crippen LogP contribution is 2.40. The molecule has 0 saturated carbocycles. The lowest BCUT2D eigenvalue weighted by Crippen LogP contribution is -2.46. The zero-order chi connectivity index (χ0) is 22.7. The number of fused-ring (bicyclic) bond motifs is 2. The molecule has 0 aliphatic carbocycles. The average molecular weight is 431 g/mol. The van der Waals surface area contributed by atoms with Crippen molar-refractivity contribution in [2.24, 2.45) is 7.05 Å². The van der Waals surface area contributed by atoms with Crippen LogP contribution in [0.2, 0.25) is 0 Å². The second-order valence-corrected chi connectivity index (χ2v) is 7.90. The Morgan fingerprint density at radius 2 is 2.06 bits per heavy atom. The Hall–Kier alpha value is -3.32. The summed E-state index contributed by atoms with van der Waals surface area (Å²) in [5, 5.41) is 15.1. The molecule has 162 valence electrons. The number of aryl methyl sites for hydroxylation is 1. The van der Waals surface area contributed by atoms with Crippen LogP contribution in [0.4, 0.5) is 13.2 Å². The maximum Gasteiger partial charge on any atom is 0.424 e. The molecule has 31 heavy (non-hydrogen) atoms. The maximum absolute atomic E-state index is 13.3. The lowest BCUT2D eigenvalue weighted by molar-refractivity contribution is -0.263. The molecule has 0 fully saturated rings. The summed E-state index contributed by atoms with van der Waals surface area (Å²) in [5.74, 6) is 1.74. The van der Waals surface area contributed by atoms with Crippen molar-refractivity contribution >= 4 is 16.8 Å². The van der Waals surface area contributed by atoms with Gasteiger partial charge in [0.2, 0.25) is 5.60 Å². The van der Waals surface area contributed by atoms with Crippen LogP contribution >= 0.6 is 0 Å². The summed E-state index contributed by atoms with van der Waals surface area (Å²) in [5.41, 5.74) is -1.10. The van der Waals surface area contributed by atoms with Crippen molar-refractivity contribution < 1.29 is 23.1 Å². The molecule has 7 nitrogen and oxygen atoms in total. The van der Waals surface area contributed by atoms with Crippen LogP contribution in [-0.2, 0) is 19.2 Å². The highest BCUT2D eigenvalue weighted by Gasteiger charge is 2.55. The topological polar surface area (TPSA) is 76.2 Å². The third kappa shape index (κ3) is 3.16. The summed E-state index contributed by atoms with van der Waals surface area (Å²) in [6, 6.07) is 4.65. The van der Waals surface area contributed by atoms with Gasteiger partial charge in [-0.15, -0.1) is 6.42 Å². The first-order valence-corrected chi connectivity index (χ1v) is 9.54. The van der Waals surface area contributed by atoms with Crippen molar-refractivity contribution in [3.05, 3.63) is 47.2 Å². The average Bonchev–Trinajstić information content (AvgIpc) is 3.26. The molecule has 3 aromatic rings. The third-order valence-electron chi connectivity index (χ3n) is 5.63. The van der Waals surface area contributed by atoms with Crippen LogP contribution in [0.1, 0.15) is 47.5 Å². The molecule has 0 radical (unpaired) electrons. The summed E-state index contributed by atoms with van der Waals surface area (Å²) < 4.78 is 42.9. The second-order valence-electron chi connectivity index (χ2n) is 7.90. The first-order chi connectivity index (χ1) is 14.5. The minimum atomic E-state index is -4.88. The van der Waals surface area contributed by atoms with Gasteiger partial charge < -0.3 is 14.6 Å². The first-order valence-electron chi connectivity index (χ1n) is 9.54. The fourth-order valence-corrected chi connectivity index (χ4v) is 4.00. The zero-order valence-corrected chi connectivity index (χ0v) is 17.1. The van der Waals surface area contributed by atoms with E-state index in [-0.39, 0.29) is 19.0 Å². The van der Waals surface area contributed by atoms with Crippen molar-refractivity contribution in [2.45, 2.75) is 38.2 Å². The van der Waals surface area contributed by atoms with Crippen molar-refractivity contribution in [2.75, 3.05) is 6.54 Å². The number of carbonyl (C=O) groups excluding carboxylic acids is 1. The van der Waals surface area contributed by atoms with Crippen LogP contribution < -0.4 is 0 Å². The number of carbonyl (C=O) groups is 1. The van der Waals surface area contributed by atoms with Gasteiger partial charge in [-0.05, 0) is 32.0 Å². The van der Waals surface area contributed by atoms with E-state index in [0.29, 0.717) is 34.8 Å². The lowest BCUT2D eigenvalue weighted by Gasteiger charge is -2.36. The number of aromatic nitrogens is 4. The fourth-order valence-electron chi connectivity index (χ4n) is 4.00.